The monoisotopic (exact) mass is 310 g/mol. The summed E-state index contributed by atoms with van der Waals surface area (Å²) in [6.45, 7) is 0. The van der Waals surface area contributed by atoms with Crippen molar-refractivity contribution in [1.29, 1.82) is 0 Å². The smallest absolute Gasteiger partial charge is 0.313 e. The summed E-state index contributed by atoms with van der Waals surface area (Å²) in [4.78, 5) is 35.1. The van der Waals surface area contributed by atoms with E-state index in [1.165, 1.54) is 12.8 Å². The summed E-state index contributed by atoms with van der Waals surface area (Å²) in [5, 5.41) is 0. The molecule has 2 aliphatic rings. The SMILES string of the molecule is O=C(CC(=O)OC1CCCCC1)CC(=O)OC1CCCCC1. The average Bonchev–Trinajstić information content (AvgIpc) is 2.48. The van der Waals surface area contributed by atoms with Gasteiger partial charge in [-0.15, -0.1) is 0 Å². The summed E-state index contributed by atoms with van der Waals surface area (Å²) >= 11 is 0. The van der Waals surface area contributed by atoms with Crippen LogP contribution in [0.4, 0.5) is 0 Å². The van der Waals surface area contributed by atoms with Crippen LogP contribution in [-0.2, 0) is 23.9 Å². The Morgan fingerprint density at radius 1 is 0.636 bits per heavy atom. The van der Waals surface area contributed by atoms with Crippen molar-refractivity contribution >= 4 is 17.7 Å². The Hall–Kier alpha value is -1.39. The van der Waals surface area contributed by atoms with Crippen LogP contribution in [0.5, 0.6) is 0 Å². The normalized spacial score (nSPS) is 20.4. The highest BCUT2D eigenvalue weighted by molar-refractivity contribution is 6.03. The van der Waals surface area contributed by atoms with Crippen molar-refractivity contribution in [1.82, 2.24) is 0 Å². The van der Waals surface area contributed by atoms with Gasteiger partial charge in [0, 0.05) is 0 Å². The molecule has 0 aromatic rings. The zero-order valence-electron chi connectivity index (χ0n) is 13.2. The van der Waals surface area contributed by atoms with E-state index in [9.17, 15) is 14.4 Å². The Kier molecular flexibility index (Phi) is 6.87. The summed E-state index contributed by atoms with van der Waals surface area (Å²) in [6.07, 6.45) is 9.40. The van der Waals surface area contributed by atoms with Gasteiger partial charge in [-0.05, 0) is 51.4 Å². The molecule has 2 rings (SSSR count). The number of Topliss-reactive ketones (excluding diaryl/α,β-unsaturated/α-hetero) is 1. The van der Waals surface area contributed by atoms with E-state index < -0.39 is 17.7 Å². The molecule has 0 aromatic heterocycles. The van der Waals surface area contributed by atoms with Crippen LogP contribution in [0.15, 0.2) is 0 Å². The molecule has 124 valence electrons. The van der Waals surface area contributed by atoms with Gasteiger partial charge in [-0.1, -0.05) is 12.8 Å². The van der Waals surface area contributed by atoms with E-state index in [4.69, 9.17) is 9.47 Å². The number of ether oxygens (including phenoxy) is 2. The molecule has 2 aliphatic carbocycles. The molecule has 2 saturated carbocycles. The van der Waals surface area contributed by atoms with Crippen molar-refractivity contribution in [3.8, 4) is 0 Å². The van der Waals surface area contributed by atoms with Crippen LogP contribution < -0.4 is 0 Å². The van der Waals surface area contributed by atoms with Gasteiger partial charge in [0.25, 0.3) is 0 Å². The number of ketones is 1. The predicted molar refractivity (Wildman–Crippen MR) is 80.2 cm³/mol. The first kappa shape index (κ1) is 17.0. The van der Waals surface area contributed by atoms with Gasteiger partial charge >= 0.3 is 11.9 Å². The van der Waals surface area contributed by atoms with E-state index in [1.807, 2.05) is 0 Å². The lowest BCUT2D eigenvalue weighted by Crippen LogP contribution is -2.25. The van der Waals surface area contributed by atoms with Crippen molar-refractivity contribution < 1.29 is 23.9 Å². The standard InChI is InChI=1S/C17H26O5/c18-13(11-16(19)21-14-7-3-1-4-8-14)12-17(20)22-15-9-5-2-6-10-15/h14-15H,1-12H2. The van der Waals surface area contributed by atoms with Crippen molar-refractivity contribution in [2.45, 2.75) is 89.3 Å². The van der Waals surface area contributed by atoms with Crippen LogP contribution in [0.2, 0.25) is 0 Å². The summed E-state index contributed by atoms with van der Waals surface area (Å²) in [7, 11) is 0. The fourth-order valence-electron chi connectivity index (χ4n) is 3.21. The lowest BCUT2D eigenvalue weighted by molar-refractivity contribution is -0.154. The first-order valence-electron chi connectivity index (χ1n) is 8.54. The van der Waals surface area contributed by atoms with Crippen LogP contribution in [-0.4, -0.2) is 29.9 Å². The molecular formula is C17H26O5. The molecule has 0 saturated heterocycles. The minimum absolute atomic E-state index is 0.0526. The van der Waals surface area contributed by atoms with Crippen LogP contribution in [0.1, 0.15) is 77.0 Å². The molecule has 2 fully saturated rings. The Balaban J connectivity index is 1.63. The van der Waals surface area contributed by atoms with E-state index in [2.05, 4.69) is 0 Å². The molecule has 0 heterocycles. The molecule has 0 unspecified atom stereocenters. The molecule has 5 nitrogen and oxygen atoms in total. The molecule has 0 spiro atoms. The number of hydrogen-bond donors (Lipinski definition) is 0. The second-order valence-electron chi connectivity index (χ2n) is 6.39. The predicted octanol–water partition coefficient (Wildman–Crippen LogP) is 3.09. The molecule has 0 atom stereocenters. The molecule has 5 heteroatoms. The highest BCUT2D eigenvalue weighted by atomic mass is 16.5. The number of carbonyl (C=O) groups excluding carboxylic acids is 3. The van der Waals surface area contributed by atoms with Gasteiger partial charge in [0.2, 0.25) is 0 Å². The van der Waals surface area contributed by atoms with Crippen molar-refractivity contribution in [3.05, 3.63) is 0 Å². The van der Waals surface area contributed by atoms with E-state index in [-0.39, 0.29) is 25.0 Å². The van der Waals surface area contributed by atoms with Crippen LogP contribution in [0.25, 0.3) is 0 Å². The second kappa shape index (κ2) is 8.91. The van der Waals surface area contributed by atoms with Gasteiger partial charge < -0.3 is 9.47 Å². The molecule has 0 aliphatic heterocycles. The third-order valence-corrected chi connectivity index (χ3v) is 4.38. The van der Waals surface area contributed by atoms with Gasteiger partial charge in [0.1, 0.15) is 25.0 Å². The Morgan fingerprint density at radius 2 is 1.00 bits per heavy atom. The van der Waals surface area contributed by atoms with Crippen molar-refractivity contribution in [2.75, 3.05) is 0 Å². The lowest BCUT2D eigenvalue weighted by Gasteiger charge is -2.22. The number of rotatable bonds is 6. The second-order valence-corrected chi connectivity index (χ2v) is 6.39. The Morgan fingerprint density at radius 3 is 1.36 bits per heavy atom. The average molecular weight is 310 g/mol. The quantitative estimate of drug-likeness (QED) is 0.557. The maximum absolute atomic E-state index is 11.7. The van der Waals surface area contributed by atoms with Crippen LogP contribution in [0.3, 0.4) is 0 Å². The van der Waals surface area contributed by atoms with E-state index >= 15 is 0 Å². The molecule has 0 radical (unpaired) electrons. The van der Waals surface area contributed by atoms with Crippen molar-refractivity contribution in [3.63, 3.8) is 0 Å². The number of esters is 2. The number of carbonyl (C=O) groups is 3. The summed E-state index contributed by atoms with van der Waals surface area (Å²) in [5.74, 6) is -1.44. The maximum Gasteiger partial charge on any atom is 0.313 e. The summed E-state index contributed by atoms with van der Waals surface area (Å²) in [6, 6.07) is 0. The lowest BCUT2D eigenvalue weighted by atomic mass is 9.98. The van der Waals surface area contributed by atoms with Gasteiger partial charge in [-0.25, -0.2) is 0 Å². The first-order valence-corrected chi connectivity index (χ1v) is 8.54. The third-order valence-electron chi connectivity index (χ3n) is 4.38. The zero-order valence-corrected chi connectivity index (χ0v) is 13.2. The molecular weight excluding hydrogens is 284 g/mol. The first-order chi connectivity index (χ1) is 10.6. The molecule has 0 amide bonds. The maximum atomic E-state index is 11.7. The van der Waals surface area contributed by atoms with Gasteiger partial charge in [-0.2, -0.15) is 0 Å². The zero-order chi connectivity index (χ0) is 15.8. The minimum Gasteiger partial charge on any atom is -0.462 e. The summed E-state index contributed by atoms with van der Waals surface area (Å²) < 4.78 is 10.6. The van der Waals surface area contributed by atoms with E-state index in [0.29, 0.717) is 0 Å². The molecule has 0 bridgehead atoms. The highest BCUT2D eigenvalue weighted by Gasteiger charge is 2.23. The molecule has 0 N–H and O–H groups in total. The molecule has 0 aromatic carbocycles. The van der Waals surface area contributed by atoms with E-state index in [1.54, 1.807) is 0 Å². The fourth-order valence-corrected chi connectivity index (χ4v) is 3.21. The van der Waals surface area contributed by atoms with Gasteiger partial charge in [0.05, 0.1) is 0 Å². The Bertz CT molecular complexity index is 356. The topological polar surface area (TPSA) is 69.7 Å². The minimum atomic E-state index is -0.512. The summed E-state index contributed by atoms with van der Waals surface area (Å²) in [5.41, 5.74) is 0. The third kappa shape index (κ3) is 6.16. The molecule has 22 heavy (non-hydrogen) atoms. The van der Waals surface area contributed by atoms with Crippen molar-refractivity contribution in [2.24, 2.45) is 0 Å². The van der Waals surface area contributed by atoms with Gasteiger partial charge in [0.15, 0.2) is 5.78 Å². The van der Waals surface area contributed by atoms with Gasteiger partial charge in [-0.3, -0.25) is 14.4 Å². The highest BCUT2D eigenvalue weighted by Crippen LogP contribution is 2.22. The Labute approximate surface area is 131 Å². The number of hydrogen-bond acceptors (Lipinski definition) is 5. The fraction of sp³-hybridized carbons (Fsp3) is 0.824. The van der Waals surface area contributed by atoms with Crippen LogP contribution in [0, 0.1) is 0 Å². The van der Waals surface area contributed by atoms with E-state index in [0.717, 1.165) is 51.4 Å². The largest absolute Gasteiger partial charge is 0.462 e. The van der Waals surface area contributed by atoms with Crippen LogP contribution >= 0.6 is 0 Å².